The maximum atomic E-state index is 14.1. The molecule has 4 heterocycles. The molecule has 1 unspecified atom stereocenters. The number of ether oxygens (including phenoxy) is 1. The van der Waals surface area contributed by atoms with Gasteiger partial charge in [-0.1, -0.05) is 12.1 Å². The first kappa shape index (κ1) is 26.4. The second-order valence-corrected chi connectivity index (χ2v) is 9.18. The number of rotatable bonds is 9. The first-order chi connectivity index (χ1) is 18.9. The van der Waals surface area contributed by atoms with Crippen LogP contribution in [0.25, 0.3) is 16.9 Å². The first-order valence-electron chi connectivity index (χ1n) is 12.9. The Morgan fingerprint density at radius 1 is 1.08 bits per heavy atom. The van der Waals surface area contributed by atoms with E-state index in [0.29, 0.717) is 56.2 Å². The highest BCUT2D eigenvalue weighted by Gasteiger charge is 2.25. The average molecular weight is 537 g/mol. The number of amides is 1. The molecule has 3 aromatic heterocycles. The van der Waals surface area contributed by atoms with Crippen LogP contribution in [0.1, 0.15) is 31.7 Å². The number of fused-ring (bicyclic) bond motifs is 1. The summed E-state index contributed by atoms with van der Waals surface area (Å²) in [5.74, 6) is 0.396. The van der Waals surface area contributed by atoms with Crippen molar-refractivity contribution in [1.29, 1.82) is 0 Å². The van der Waals surface area contributed by atoms with Gasteiger partial charge in [0.2, 0.25) is 11.9 Å². The minimum atomic E-state index is -2.82. The van der Waals surface area contributed by atoms with Gasteiger partial charge in [0.15, 0.2) is 5.82 Å². The van der Waals surface area contributed by atoms with E-state index in [1.807, 2.05) is 24.0 Å². The molecule has 1 saturated heterocycles. The number of benzene rings is 1. The van der Waals surface area contributed by atoms with Gasteiger partial charge >= 0.3 is 0 Å². The zero-order valence-corrected chi connectivity index (χ0v) is 21.8. The van der Waals surface area contributed by atoms with Crippen molar-refractivity contribution in [2.24, 2.45) is 0 Å². The van der Waals surface area contributed by atoms with Gasteiger partial charge in [-0.15, -0.1) is 0 Å². The van der Waals surface area contributed by atoms with E-state index in [1.54, 1.807) is 54.5 Å². The third kappa shape index (κ3) is 5.80. The predicted octanol–water partition coefficient (Wildman–Crippen LogP) is 3.83. The summed E-state index contributed by atoms with van der Waals surface area (Å²) >= 11 is 0. The molecule has 0 saturated carbocycles. The Morgan fingerprint density at radius 2 is 1.79 bits per heavy atom. The Labute approximate surface area is 224 Å². The van der Waals surface area contributed by atoms with Crippen LogP contribution in [-0.2, 0) is 16.1 Å². The molecule has 12 heteroatoms. The number of nitrogens with one attached hydrogen (secondary N) is 1. The summed E-state index contributed by atoms with van der Waals surface area (Å²) in [6.07, 6.45) is 0.562. The van der Waals surface area contributed by atoms with Crippen molar-refractivity contribution >= 4 is 28.7 Å². The molecule has 204 valence electrons. The van der Waals surface area contributed by atoms with Gasteiger partial charge in [-0.05, 0) is 43.7 Å². The van der Waals surface area contributed by atoms with Gasteiger partial charge in [0.05, 0.1) is 24.2 Å². The van der Waals surface area contributed by atoms with Crippen LogP contribution >= 0.6 is 0 Å². The second-order valence-electron chi connectivity index (χ2n) is 9.18. The lowest BCUT2D eigenvalue weighted by Crippen LogP contribution is -2.41. The monoisotopic (exact) mass is 536 g/mol. The SMILES string of the molecule is CCN(Cc1ccncc1)C(=O)C(C)Nc1nc(N2CCOCC2)cc(-n2c(C(F)F)nc3ccccc32)n1. The number of likely N-dealkylation sites (N-methyl/N-ethyl adjacent to an activating group) is 1. The van der Waals surface area contributed by atoms with Gasteiger partial charge in [-0.2, -0.15) is 9.97 Å². The fraction of sp³-hybridized carbons (Fsp3) is 0.370. The molecule has 0 aliphatic carbocycles. The van der Waals surface area contributed by atoms with Crippen molar-refractivity contribution < 1.29 is 18.3 Å². The second kappa shape index (κ2) is 11.7. The number of morpholine rings is 1. The summed E-state index contributed by atoms with van der Waals surface area (Å²) in [6.45, 7) is 6.81. The molecule has 0 bridgehead atoms. The summed E-state index contributed by atoms with van der Waals surface area (Å²) < 4.78 is 35.0. The zero-order valence-electron chi connectivity index (χ0n) is 21.8. The molecule has 0 radical (unpaired) electrons. The standard InChI is InChI=1S/C27H30F2N8O2/c1-3-35(17-19-8-10-30-11-9-19)26(38)18(2)31-27-33-22(36-12-14-39-15-13-36)16-23(34-27)37-21-7-5-4-6-20(21)32-25(37)24(28)29/h4-11,16,18,24H,3,12-15,17H2,1-2H3,(H,31,33,34). The van der Waals surface area contributed by atoms with Crippen LogP contribution < -0.4 is 10.2 Å². The van der Waals surface area contributed by atoms with Gasteiger partial charge in [0.1, 0.15) is 17.7 Å². The molecular weight excluding hydrogens is 506 g/mol. The molecule has 10 nitrogen and oxygen atoms in total. The Morgan fingerprint density at radius 3 is 2.51 bits per heavy atom. The molecule has 1 amide bonds. The molecular formula is C27H30F2N8O2. The number of carbonyl (C=O) groups is 1. The highest BCUT2D eigenvalue weighted by molar-refractivity contribution is 5.84. The maximum absolute atomic E-state index is 14.1. The van der Waals surface area contributed by atoms with Crippen LogP contribution in [0.15, 0.2) is 54.9 Å². The molecule has 1 N–H and O–H groups in total. The van der Waals surface area contributed by atoms with Gasteiger partial charge in [-0.3, -0.25) is 14.3 Å². The van der Waals surface area contributed by atoms with Gasteiger partial charge in [0, 0.05) is 44.6 Å². The molecule has 1 aliphatic rings. The number of hydrogen-bond acceptors (Lipinski definition) is 8. The third-order valence-electron chi connectivity index (χ3n) is 6.58. The van der Waals surface area contributed by atoms with Crippen LogP contribution in [0, 0.1) is 0 Å². The van der Waals surface area contributed by atoms with Crippen LogP contribution in [-0.4, -0.2) is 74.2 Å². The summed E-state index contributed by atoms with van der Waals surface area (Å²) in [5, 5.41) is 3.12. The average Bonchev–Trinajstić information content (AvgIpc) is 3.36. The van der Waals surface area contributed by atoms with E-state index < -0.39 is 18.3 Å². The van der Waals surface area contributed by atoms with Crippen LogP contribution in [0.3, 0.4) is 0 Å². The number of pyridine rings is 1. The quantitative estimate of drug-likeness (QED) is 0.345. The van der Waals surface area contributed by atoms with Crippen LogP contribution in [0.4, 0.5) is 20.5 Å². The molecule has 1 aliphatic heterocycles. The van der Waals surface area contributed by atoms with Gasteiger partial charge in [-0.25, -0.2) is 13.8 Å². The number of aromatic nitrogens is 5. The molecule has 1 aromatic carbocycles. The third-order valence-corrected chi connectivity index (χ3v) is 6.58. The van der Waals surface area contributed by atoms with Crippen molar-refractivity contribution in [1.82, 2.24) is 29.4 Å². The molecule has 1 fully saturated rings. The minimum Gasteiger partial charge on any atom is -0.378 e. The number of anilines is 2. The predicted molar refractivity (Wildman–Crippen MR) is 143 cm³/mol. The lowest BCUT2D eigenvalue weighted by Gasteiger charge is -2.29. The molecule has 39 heavy (non-hydrogen) atoms. The van der Waals surface area contributed by atoms with Crippen molar-refractivity contribution in [3.63, 3.8) is 0 Å². The van der Waals surface area contributed by atoms with Crippen LogP contribution in [0.5, 0.6) is 0 Å². The molecule has 0 spiro atoms. The van der Waals surface area contributed by atoms with Gasteiger partial charge < -0.3 is 19.9 Å². The highest BCUT2D eigenvalue weighted by Crippen LogP contribution is 2.29. The van der Waals surface area contributed by atoms with Gasteiger partial charge in [0.25, 0.3) is 6.43 Å². The Balaban J connectivity index is 1.50. The van der Waals surface area contributed by atoms with E-state index in [-0.39, 0.29) is 17.7 Å². The smallest absolute Gasteiger partial charge is 0.296 e. The largest absolute Gasteiger partial charge is 0.378 e. The normalized spacial score (nSPS) is 14.5. The van der Waals surface area contributed by atoms with Crippen LogP contribution in [0.2, 0.25) is 0 Å². The number of para-hydroxylation sites is 2. The van der Waals surface area contributed by atoms with E-state index >= 15 is 0 Å². The summed E-state index contributed by atoms with van der Waals surface area (Å²) in [4.78, 5) is 34.5. The Bertz CT molecular complexity index is 1430. The lowest BCUT2D eigenvalue weighted by molar-refractivity contribution is -0.132. The number of hydrogen-bond donors (Lipinski definition) is 1. The first-order valence-corrected chi connectivity index (χ1v) is 12.9. The zero-order chi connectivity index (χ0) is 27.4. The Kier molecular flexibility index (Phi) is 7.92. The number of imidazole rings is 1. The number of nitrogens with zero attached hydrogens (tertiary/aromatic N) is 7. The highest BCUT2D eigenvalue weighted by atomic mass is 19.3. The Hall–Kier alpha value is -4.19. The summed E-state index contributed by atoms with van der Waals surface area (Å²) in [7, 11) is 0. The maximum Gasteiger partial charge on any atom is 0.296 e. The van der Waals surface area contributed by atoms with E-state index in [2.05, 4.69) is 25.3 Å². The number of alkyl halides is 2. The fourth-order valence-corrected chi connectivity index (χ4v) is 4.57. The summed E-state index contributed by atoms with van der Waals surface area (Å²) in [6, 6.07) is 11.7. The number of halogens is 2. The molecule has 4 aromatic rings. The fourth-order valence-electron chi connectivity index (χ4n) is 4.57. The van der Waals surface area contributed by atoms with E-state index in [0.717, 1.165) is 5.56 Å². The number of carbonyl (C=O) groups excluding carboxylic acids is 1. The molecule has 1 atom stereocenters. The van der Waals surface area contributed by atoms with E-state index in [1.165, 1.54) is 4.57 Å². The van der Waals surface area contributed by atoms with E-state index in [9.17, 15) is 13.6 Å². The van der Waals surface area contributed by atoms with Crippen molar-refractivity contribution in [3.05, 3.63) is 66.2 Å². The van der Waals surface area contributed by atoms with Crippen molar-refractivity contribution in [2.45, 2.75) is 32.9 Å². The lowest BCUT2D eigenvalue weighted by atomic mass is 10.2. The van der Waals surface area contributed by atoms with Crippen molar-refractivity contribution in [2.75, 3.05) is 43.1 Å². The van der Waals surface area contributed by atoms with Crippen molar-refractivity contribution in [3.8, 4) is 5.82 Å². The summed E-state index contributed by atoms with van der Waals surface area (Å²) in [5.41, 5.74) is 1.91. The topological polar surface area (TPSA) is 101 Å². The van der Waals surface area contributed by atoms with E-state index in [4.69, 9.17) is 4.74 Å². The molecule has 5 rings (SSSR count). The minimum absolute atomic E-state index is 0.141.